The summed E-state index contributed by atoms with van der Waals surface area (Å²) in [5, 5.41) is 7.84. The Morgan fingerprint density at radius 3 is 2.48 bits per heavy atom. The molecule has 0 spiro atoms. The number of benzene rings is 2. The fourth-order valence-electron chi connectivity index (χ4n) is 3.31. The predicted molar refractivity (Wildman–Crippen MR) is 103 cm³/mol. The number of carbonyl (C=O) groups is 1. The zero-order valence-electron chi connectivity index (χ0n) is 15.5. The van der Waals surface area contributed by atoms with Gasteiger partial charge in [0, 0.05) is 30.4 Å². The van der Waals surface area contributed by atoms with Crippen molar-refractivity contribution in [2.45, 2.75) is 36.9 Å². The third-order valence-electron chi connectivity index (χ3n) is 4.73. The third kappa shape index (κ3) is 4.70. The number of sulfonamides is 1. The number of carbonyl (C=O) groups excluding carboxylic acids is 1. The molecule has 156 valence electrons. The summed E-state index contributed by atoms with van der Waals surface area (Å²) in [7, 11) is -4.52. The zero-order chi connectivity index (χ0) is 21.4. The second-order valence-corrected chi connectivity index (χ2v) is 8.39. The van der Waals surface area contributed by atoms with Crippen LogP contribution in [0, 0.1) is 0 Å². The summed E-state index contributed by atoms with van der Waals surface area (Å²) in [6.07, 6.45) is -3.60. The molecule has 29 heavy (non-hydrogen) atoms. The van der Waals surface area contributed by atoms with Crippen LogP contribution in [0.15, 0.2) is 47.4 Å². The van der Waals surface area contributed by atoms with Crippen molar-refractivity contribution in [3.8, 4) is 0 Å². The minimum Gasteiger partial charge on any atom is -0.379 e. The van der Waals surface area contributed by atoms with Crippen LogP contribution in [0.25, 0.3) is 0 Å². The Kier molecular flexibility index (Phi) is 5.59. The molecule has 1 fully saturated rings. The monoisotopic (exact) mass is 427 g/mol. The van der Waals surface area contributed by atoms with Gasteiger partial charge in [0.2, 0.25) is 15.9 Å². The molecule has 10 heteroatoms. The van der Waals surface area contributed by atoms with E-state index < -0.39 is 32.7 Å². The normalized spacial score (nSPS) is 16.2. The zero-order valence-corrected chi connectivity index (χ0v) is 16.3. The average molecular weight is 427 g/mol. The van der Waals surface area contributed by atoms with Gasteiger partial charge in [0.05, 0.1) is 10.5 Å². The smallest absolute Gasteiger partial charge is 0.379 e. The lowest BCUT2D eigenvalue weighted by atomic mass is 10.1. The molecule has 0 bridgehead atoms. The number of rotatable bonds is 5. The Hall–Kier alpha value is -2.59. The summed E-state index contributed by atoms with van der Waals surface area (Å²) in [5.41, 5.74) is 0.277. The number of amides is 1. The number of anilines is 2. The molecule has 0 aliphatic carbocycles. The number of hydrogen-bond acceptors (Lipinski definition) is 4. The van der Waals surface area contributed by atoms with E-state index in [1.807, 2.05) is 12.1 Å². The quantitative estimate of drug-likeness (QED) is 0.762. The highest BCUT2D eigenvalue weighted by molar-refractivity contribution is 7.89. The minimum absolute atomic E-state index is 0.0381. The van der Waals surface area contributed by atoms with Gasteiger partial charge in [0.25, 0.3) is 0 Å². The van der Waals surface area contributed by atoms with Crippen LogP contribution < -0.4 is 15.4 Å². The van der Waals surface area contributed by atoms with Gasteiger partial charge in [-0.15, -0.1) is 0 Å². The van der Waals surface area contributed by atoms with Gasteiger partial charge in [-0.2, -0.15) is 13.2 Å². The number of primary sulfonamides is 1. The van der Waals surface area contributed by atoms with Crippen LogP contribution >= 0.6 is 0 Å². The van der Waals surface area contributed by atoms with Crippen LogP contribution in [0.2, 0.25) is 0 Å². The van der Waals surface area contributed by atoms with Crippen LogP contribution in [0.4, 0.5) is 24.5 Å². The standard InChI is InChI=1S/C19H20F3N3O3S/c1-12(13-4-2-5-15(10-13)25-9-3-6-18(25)26)24-14-7-8-17(29(23,27)28)16(11-14)19(20,21)22/h2,4-5,7-8,10-12,24H,3,6,9H2,1H3,(H2,23,27,28). The van der Waals surface area contributed by atoms with Gasteiger partial charge in [-0.05, 0) is 49.2 Å². The lowest BCUT2D eigenvalue weighted by Gasteiger charge is -2.21. The number of hydrogen-bond donors (Lipinski definition) is 2. The molecule has 1 atom stereocenters. The maximum atomic E-state index is 13.3. The molecular weight excluding hydrogens is 407 g/mol. The van der Waals surface area contributed by atoms with E-state index in [0.717, 1.165) is 29.8 Å². The Balaban J connectivity index is 1.88. The van der Waals surface area contributed by atoms with Gasteiger partial charge in [0.1, 0.15) is 0 Å². The molecule has 1 unspecified atom stereocenters. The summed E-state index contributed by atoms with van der Waals surface area (Å²) in [4.78, 5) is 12.6. The van der Waals surface area contributed by atoms with Gasteiger partial charge < -0.3 is 10.2 Å². The van der Waals surface area contributed by atoms with E-state index in [-0.39, 0.29) is 11.6 Å². The van der Waals surface area contributed by atoms with Crippen molar-refractivity contribution in [3.63, 3.8) is 0 Å². The summed E-state index contributed by atoms with van der Waals surface area (Å²) in [6.45, 7) is 2.39. The van der Waals surface area contributed by atoms with E-state index in [0.29, 0.717) is 13.0 Å². The van der Waals surface area contributed by atoms with E-state index in [9.17, 15) is 26.4 Å². The maximum Gasteiger partial charge on any atom is 0.417 e. The molecule has 0 saturated carbocycles. The second kappa shape index (κ2) is 7.68. The van der Waals surface area contributed by atoms with Crippen molar-refractivity contribution in [1.82, 2.24) is 0 Å². The fourth-order valence-corrected chi connectivity index (χ4v) is 4.04. The molecule has 3 rings (SSSR count). The summed E-state index contributed by atoms with van der Waals surface area (Å²) in [5.74, 6) is 0.0381. The average Bonchev–Trinajstić information content (AvgIpc) is 3.06. The highest BCUT2D eigenvalue weighted by Gasteiger charge is 2.36. The predicted octanol–water partition coefficient (Wildman–Crippen LogP) is 3.65. The molecule has 1 saturated heterocycles. The molecule has 6 nitrogen and oxygen atoms in total. The molecule has 3 N–H and O–H groups in total. The van der Waals surface area contributed by atoms with E-state index >= 15 is 0 Å². The van der Waals surface area contributed by atoms with Crippen LogP contribution in [0.5, 0.6) is 0 Å². The number of alkyl halides is 3. The van der Waals surface area contributed by atoms with E-state index in [2.05, 4.69) is 5.32 Å². The lowest BCUT2D eigenvalue weighted by molar-refractivity contribution is -0.139. The molecule has 1 amide bonds. The van der Waals surface area contributed by atoms with Crippen molar-refractivity contribution in [3.05, 3.63) is 53.6 Å². The SMILES string of the molecule is CC(Nc1ccc(S(N)(=O)=O)c(C(F)(F)F)c1)c1cccc(N2CCCC2=O)c1. The molecule has 0 aromatic heterocycles. The topological polar surface area (TPSA) is 92.5 Å². The molecular formula is C19H20F3N3O3S. The van der Waals surface area contributed by atoms with E-state index in [1.54, 1.807) is 24.0 Å². The molecule has 0 radical (unpaired) electrons. The molecule has 2 aromatic rings. The molecule has 1 heterocycles. The van der Waals surface area contributed by atoms with Gasteiger partial charge in [-0.25, -0.2) is 13.6 Å². The van der Waals surface area contributed by atoms with Gasteiger partial charge in [-0.3, -0.25) is 4.79 Å². The lowest BCUT2D eigenvalue weighted by Crippen LogP contribution is -2.23. The van der Waals surface area contributed by atoms with Crippen LogP contribution in [-0.4, -0.2) is 20.9 Å². The van der Waals surface area contributed by atoms with Crippen molar-refractivity contribution in [2.75, 3.05) is 16.8 Å². The van der Waals surface area contributed by atoms with Gasteiger partial charge in [-0.1, -0.05) is 12.1 Å². The highest BCUT2D eigenvalue weighted by atomic mass is 32.2. The van der Waals surface area contributed by atoms with E-state index in [4.69, 9.17) is 5.14 Å². The number of nitrogens with zero attached hydrogens (tertiary/aromatic N) is 1. The number of halogens is 3. The summed E-state index contributed by atoms with van der Waals surface area (Å²) >= 11 is 0. The minimum atomic E-state index is -4.88. The maximum absolute atomic E-state index is 13.3. The first kappa shape index (κ1) is 21.1. The molecule has 1 aliphatic heterocycles. The van der Waals surface area contributed by atoms with Crippen LogP contribution in [-0.2, 0) is 21.0 Å². The number of nitrogens with two attached hydrogens (primary N) is 1. The van der Waals surface area contributed by atoms with Crippen LogP contribution in [0.1, 0.15) is 36.9 Å². The van der Waals surface area contributed by atoms with Crippen molar-refractivity contribution in [2.24, 2.45) is 5.14 Å². The van der Waals surface area contributed by atoms with E-state index in [1.165, 1.54) is 6.07 Å². The molecule has 1 aliphatic rings. The van der Waals surface area contributed by atoms with Crippen molar-refractivity contribution >= 4 is 27.3 Å². The first-order chi connectivity index (χ1) is 13.5. The van der Waals surface area contributed by atoms with Crippen molar-refractivity contribution in [1.29, 1.82) is 0 Å². The first-order valence-corrected chi connectivity index (χ1v) is 10.4. The van der Waals surface area contributed by atoms with Gasteiger partial charge >= 0.3 is 6.18 Å². The van der Waals surface area contributed by atoms with Crippen LogP contribution in [0.3, 0.4) is 0 Å². The largest absolute Gasteiger partial charge is 0.417 e. The third-order valence-corrected chi connectivity index (χ3v) is 5.70. The highest BCUT2D eigenvalue weighted by Crippen LogP contribution is 2.36. The fraction of sp³-hybridized carbons (Fsp3) is 0.316. The Morgan fingerprint density at radius 2 is 1.90 bits per heavy atom. The second-order valence-electron chi connectivity index (χ2n) is 6.86. The first-order valence-electron chi connectivity index (χ1n) is 8.88. The van der Waals surface area contributed by atoms with Gasteiger partial charge in [0.15, 0.2) is 0 Å². The van der Waals surface area contributed by atoms with Crippen molar-refractivity contribution < 1.29 is 26.4 Å². The Labute approximate surface area is 166 Å². The Bertz CT molecular complexity index is 1040. The Morgan fingerprint density at radius 1 is 1.17 bits per heavy atom. The number of nitrogens with one attached hydrogen (secondary N) is 1. The molecule has 2 aromatic carbocycles. The summed E-state index contributed by atoms with van der Waals surface area (Å²) < 4.78 is 62.8. The summed E-state index contributed by atoms with van der Waals surface area (Å²) in [6, 6.07) is 9.60.